The normalized spacial score (nSPS) is 22.9. The molecule has 3 atom stereocenters. The minimum absolute atomic E-state index is 0.0186. The van der Waals surface area contributed by atoms with Gasteiger partial charge in [0.2, 0.25) is 0 Å². The maximum absolute atomic E-state index is 5.96. The zero-order chi connectivity index (χ0) is 22.1. The third kappa shape index (κ3) is 3.98. The highest BCUT2D eigenvalue weighted by molar-refractivity contribution is 7.80. The van der Waals surface area contributed by atoms with E-state index in [2.05, 4.69) is 87.4 Å². The molecule has 0 unspecified atom stereocenters. The molecule has 7 heteroatoms. The van der Waals surface area contributed by atoms with Crippen LogP contribution in [0.4, 0.5) is 5.69 Å². The number of thiocarbonyl (C=S) groups is 1. The Morgan fingerprint density at radius 3 is 2.66 bits per heavy atom. The average Bonchev–Trinajstić information content (AvgIpc) is 3.56. The third-order valence-electron chi connectivity index (χ3n) is 6.35. The Labute approximate surface area is 194 Å². The lowest BCUT2D eigenvalue weighted by atomic mass is 10.0. The molecule has 0 amide bonds. The number of ether oxygens (including phenoxy) is 1. The molecule has 1 N–H and O–H groups in total. The summed E-state index contributed by atoms with van der Waals surface area (Å²) in [6.07, 6.45) is 6.37. The van der Waals surface area contributed by atoms with Crippen LogP contribution >= 0.6 is 12.2 Å². The van der Waals surface area contributed by atoms with Gasteiger partial charge in [0.1, 0.15) is 0 Å². The molecule has 6 nitrogen and oxygen atoms in total. The summed E-state index contributed by atoms with van der Waals surface area (Å²) in [5.74, 6) is 0. The predicted octanol–water partition coefficient (Wildman–Crippen LogP) is 4.09. The Morgan fingerprint density at radius 2 is 1.97 bits per heavy atom. The van der Waals surface area contributed by atoms with Crippen molar-refractivity contribution < 1.29 is 4.74 Å². The van der Waals surface area contributed by atoms with E-state index < -0.39 is 0 Å². The van der Waals surface area contributed by atoms with Crippen molar-refractivity contribution in [1.29, 1.82) is 0 Å². The quantitative estimate of drug-likeness (QED) is 0.575. The van der Waals surface area contributed by atoms with Crippen molar-refractivity contribution in [2.45, 2.75) is 31.0 Å². The molecule has 32 heavy (non-hydrogen) atoms. The molecule has 0 bridgehead atoms. The Balaban J connectivity index is 1.54. The summed E-state index contributed by atoms with van der Waals surface area (Å²) in [4.78, 5) is 9.07. The number of pyridine rings is 1. The van der Waals surface area contributed by atoms with E-state index in [4.69, 9.17) is 17.0 Å². The van der Waals surface area contributed by atoms with Gasteiger partial charge in [-0.25, -0.2) is 0 Å². The molecule has 0 spiro atoms. The first-order chi connectivity index (χ1) is 15.6. The van der Waals surface area contributed by atoms with Crippen molar-refractivity contribution in [2.24, 2.45) is 0 Å². The largest absolute Gasteiger partial charge is 0.378 e. The van der Waals surface area contributed by atoms with Gasteiger partial charge < -0.3 is 24.4 Å². The fraction of sp³-hybridized carbons (Fsp3) is 0.360. The van der Waals surface area contributed by atoms with E-state index in [0.717, 1.165) is 42.5 Å². The fourth-order valence-electron chi connectivity index (χ4n) is 4.71. The minimum Gasteiger partial charge on any atom is -0.378 e. The molecule has 2 aromatic heterocycles. The molecule has 2 saturated heterocycles. The van der Waals surface area contributed by atoms with Gasteiger partial charge in [-0.15, -0.1) is 0 Å². The van der Waals surface area contributed by atoms with Crippen LogP contribution in [0.25, 0.3) is 5.69 Å². The smallest absolute Gasteiger partial charge is 0.170 e. The van der Waals surface area contributed by atoms with Gasteiger partial charge in [0.05, 0.1) is 23.9 Å². The second-order valence-corrected chi connectivity index (χ2v) is 9.01. The van der Waals surface area contributed by atoms with E-state index in [1.165, 1.54) is 11.4 Å². The van der Waals surface area contributed by atoms with Crippen LogP contribution in [0.5, 0.6) is 0 Å². The van der Waals surface area contributed by atoms with Crippen molar-refractivity contribution in [1.82, 2.24) is 19.8 Å². The third-order valence-corrected chi connectivity index (χ3v) is 6.70. The van der Waals surface area contributed by atoms with Gasteiger partial charge in [-0.3, -0.25) is 4.98 Å². The predicted molar refractivity (Wildman–Crippen MR) is 131 cm³/mol. The molecule has 5 rings (SSSR count). The molecule has 2 aliphatic heterocycles. The number of aromatic nitrogens is 2. The van der Waals surface area contributed by atoms with Crippen LogP contribution in [-0.2, 0) is 4.74 Å². The fourth-order valence-corrected chi connectivity index (χ4v) is 5.03. The lowest BCUT2D eigenvalue weighted by Gasteiger charge is -2.30. The van der Waals surface area contributed by atoms with Gasteiger partial charge in [-0.05, 0) is 73.6 Å². The summed E-state index contributed by atoms with van der Waals surface area (Å²) in [5, 5.41) is 4.32. The van der Waals surface area contributed by atoms with Crippen molar-refractivity contribution in [3.8, 4) is 5.69 Å². The number of nitrogens with one attached hydrogen (secondary N) is 1. The lowest BCUT2D eigenvalue weighted by Crippen LogP contribution is -2.36. The molecule has 0 saturated carbocycles. The monoisotopic (exact) mass is 447 g/mol. The van der Waals surface area contributed by atoms with E-state index >= 15 is 0 Å². The summed E-state index contributed by atoms with van der Waals surface area (Å²) in [7, 11) is 4.11. The van der Waals surface area contributed by atoms with Crippen LogP contribution in [0, 0.1) is 0 Å². The van der Waals surface area contributed by atoms with E-state index in [0.29, 0.717) is 0 Å². The van der Waals surface area contributed by atoms with Gasteiger partial charge in [0.25, 0.3) is 0 Å². The number of benzene rings is 1. The van der Waals surface area contributed by atoms with E-state index in [1.807, 2.05) is 18.3 Å². The summed E-state index contributed by atoms with van der Waals surface area (Å²) < 4.78 is 8.23. The SMILES string of the molecule is CN(C)c1ccc(-n2cccc2[C@H]2[C@@H](c3ccccn3)NC(=S)N2C[C@@H]2CCCO2)cc1. The van der Waals surface area contributed by atoms with Gasteiger partial charge in [0.15, 0.2) is 5.11 Å². The van der Waals surface area contributed by atoms with Crippen LogP contribution < -0.4 is 10.2 Å². The Bertz CT molecular complexity index is 1060. The summed E-state index contributed by atoms with van der Waals surface area (Å²) in [6, 6.07) is 19.0. The molecule has 1 aromatic carbocycles. The lowest BCUT2D eigenvalue weighted by molar-refractivity contribution is 0.0836. The van der Waals surface area contributed by atoms with Crippen LogP contribution in [0.15, 0.2) is 67.0 Å². The molecule has 3 aromatic rings. The molecule has 2 aliphatic rings. The zero-order valence-electron chi connectivity index (χ0n) is 18.5. The summed E-state index contributed by atoms with van der Waals surface area (Å²) >= 11 is 5.83. The zero-order valence-corrected chi connectivity index (χ0v) is 19.3. The number of hydrogen-bond donors (Lipinski definition) is 1. The van der Waals surface area contributed by atoms with Gasteiger partial charge in [0, 0.05) is 56.7 Å². The van der Waals surface area contributed by atoms with Crippen LogP contribution in [0.1, 0.15) is 36.3 Å². The van der Waals surface area contributed by atoms with E-state index in [1.54, 1.807) is 0 Å². The summed E-state index contributed by atoms with van der Waals surface area (Å²) in [6.45, 7) is 1.62. The van der Waals surface area contributed by atoms with E-state index in [9.17, 15) is 0 Å². The number of rotatable bonds is 6. The first-order valence-corrected chi connectivity index (χ1v) is 11.6. The van der Waals surface area contributed by atoms with Crippen LogP contribution in [0.2, 0.25) is 0 Å². The second-order valence-electron chi connectivity index (χ2n) is 8.63. The Hall–Kier alpha value is -2.90. The van der Waals surface area contributed by atoms with Crippen LogP contribution in [0.3, 0.4) is 0 Å². The highest BCUT2D eigenvalue weighted by atomic mass is 32.1. The highest BCUT2D eigenvalue weighted by Crippen LogP contribution is 2.40. The molecule has 4 heterocycles. The highest BCUT2D eigenvalue weighted by Gasteiger charge is 2.42. The van der Waals surface area contributed by atoms with Crippen molar-refractivity contribution in [2.75, 3.05) is 32.1 Å². The summed E-state index contributed by atoms with van der Waals surface area (Å²) in [5.41, 5.74) is 4.48. The minimum atomic E-state index is -0.0280. The first kappa shape index (κ1) is 21.0. The molecular formula is C25H29N5OS. The maximum atomic E-state index is 5.96. The number of nitrogens with zero attached hydrogens (tertiary/aromatic N) is 4. The molecule has 0 aliphatic carbocycles. The number of hydrogen-bond acceptors (Lipinski definition) is 4. The van der Waals surface area contributed by atoms with Gasteiger partial charge in [-0.2, -0.15) is 0 Å². The maximum Gasteiger partial charge on any atom is 0.170 e. The molecule has 0 radical (unpaired) electrons. The van der Waals surface area contributed by atoms with Crippen LogP contribution in [-0.4, -0.2) is 52.9 Å². The van der Waals surface area contributed by atoms with Crippen molar-refractivity contribution >= 4 is 23.0 Å². The number of anilines is 1. The Kier molecular flexibility index (Phi) is 5.85. The molecular weight excluding hydrogens is 418 g/mol. The second kappa shape index (κ2) is 8.92. The standard InChI is InChI=1S/C25H29N5OS/c1-28(2)18-10-12-19(13-11-18)29-15-5-9-22(29)24-23(21-8-3-4-14-26-21)27-25(32)30(24)17-20-7-6-16-31-20/h3-5,8-15,20,23-24H,6-7,16-17H2,1-2H3,(H,27,32)/t20-,23+,24-/m0/s1. The molecule has 2 fully saturated rings. The first-order valence-electron chi connectivity index (χ1n) is 11.2. The Morgan fingerprint density at radius 1 is 1.12 bits per heavy atom. The van der Waals surface area contributed by atoms with Gasteiger partial charge >= 0.3 is 0 Å². The average molecular weight is 448 g/mol. The molecule has 166 valence electrons. The van der Waals surface area contributed by atoms with Gasteiger partial charge in [-0.1, -0.05) is 6.07 Å². The van der Waals surface area contributed by atoms with Crippen molar-refractivity contribution in [3.63, 3.8) is 0 Å². The topological polar surface area (TPSA) is 45.6 Å². The van der Waals surface area contributed by atoms with Crippen molar-refractivity contribution in [3.05, 3.63) is 78.4 Å². The van der Waals surface area contributed by atoms with E-state index in [-0.39, 0.29) is 18.2 Å².